The molecular weight excluding hydrogens is 218 g/mol. The van der Waals surface area contributed by atoms with Crippen LogP contribution in [0.1, 0.15) is 37.0 Å². The van der Waals surface area contributed by atoms with Crippen molar-refractivity contribution in [3.63, 3.8) is 0 Å². The summed E-state index contributed by atoms with van der Waals surface area (Å²) in [7, 11) is 2.15. The van der Waals surface area contributed by atoms with Gasteiger partial charge in [-0.2, -0.15) is 0 Å². The lowest BCUT2D eigenvalue weighted by Gasteiger charge is -2.26. The van der Waals surface area contributed by atoms with Gasteiger partial charge < -0.3 is 10.6 Å². The Balaban J connectivity index is 1.88. The van der Waals surface area contributed by atoms with E-state index in [1.165, 1.54) is 37.0 Å². The van der Waals surface area contributed by atoms with Crippen LogP contribution in [0.2, 0.25) is 0 Å². The summed E-state index contributed by atoms with van der Waals surface area (Å²) < 4.78 is 0. The molecule has 0 aromatic carbocycles. The highest BCUT2D eigenvalue weighted by atomic mass is 32.1. The largest absolute Gasteiger partial charge is 0.351 e. The Morgan fingerprint density at radius 1 is 1.44 bits per heavy atom. The lowest BCUT2D eigenvalue weighted by molar-refractivity contribution is 0.362. The Kier molecular flexibility index (Phi) is 4.18. The van der Waals surface area contributed by atoms with E-state index in [4.69, 9.17) is 5.73 Å². The zero-order valence-electron chi connectivity index (χ0n) is 9.98. The molecule has 0 spiro atoms. The smallest absolute Gasteiger partial charge is 0.185 e. The Hall–Kier alpha value is -0.610. The Labute approximate surface area is 102 Å². The van der Waals surface area contributed by atoms with E-state index in [0.717, 1.165) is 17.6 Å². The van der Waals surface area contributed by atoms with Crippen LogP contribution in [0.4, 0.5) is 5.13 Å². The summed E-state index contributed by atoms with van der Waals surface area (Å²) in [6.07, 6.45) is 8.92. The molecule has 0 aliphatic heterocycles. The highest BCUT2D eigenvalue weighted by molar-refractivity contribution is 7.15. The van der Waals surface area contributed by atoms with Crippen molar-refractivity contribution in [2.24, 2.45) is 11.7 Å². The number of nitrogens with zero attached hydrogens (tertiary/aromatic N) is 2. The lowest BCUT2D eigenvalue weighted by atomic mass is 9.89. The van der Waals surface area contributed by atoms with E-state index in [-0.39, 0.29) is 0 Å². The monoisotopic (exact) mass is 239 g/mol. The molecule has 1 fully saturated rings. The lowest BCUT2D eigenvalue weighted by Crippen LogP contribution is -2.26. The van der Waals surface area contributed by atoms with E-state index in [1.54, 1.807) is 11.3 Å². The van der Waals surface area contributed by atoms with Crippen molar-refractivity contribution < 1.29 is 0 Å². The number of hydrogen-bond donors (Lipinski definition) is 1. The van der Waals surface area contributed by atoms with Gasteiger partial charge in [0.1, 0.15) is 0 Å². The maximum atomic E-state index is 5.60. The quantitative estimate of drug-likeness (QED) is 0.878. The third kappa shape index (κ3) is 2.95. The average molecular weight is 239 g/mol. The number of aromatic nitrogens is 1. The first kappa shape index (κ1) is 11.9. The van der Waals surface area contributed by atoms with Gasteiger partial charge in [0.2, 0.25) is 0 Å². The van der Waals surface area contributed by atoms with Gasteiger partial charge >= 0.3 is 0 Å². The van der Waals surface area contributed by atoms with Gasteiger partial charge in [0.05, 0.1) is 0 Å². The van der Waals surface area contributed by atoms with Crippen molar-refractivity contribution in [3.8, 4) is 0 Å². The SMILES string of the molecule is CN(CC1CCCCC1)c1ncc(CN)s1. The van der Waals surface area contributed by atoms with E-state index in [2.05, 4.69) is 16.9 Å². The Bertz CT molecular complexity index is 318. The minimum Gasteiger partial charge on any atom is -0.351 e. The molecule has 4 heteroatoms. The van der Waals surface area contributed by atoms with E-state index < -0.39 is 0 Å². The molecule has 1 aliphatic carbocycles. The molecule has 2 rings (SSSR count). The standard InChI is InChI=1S/C12H21N3S/c1-15(9-10-5-3-2-4-6-10)12-14-8-11(7-13)16-12/h8,10H,2-7,9,13H2,1H3. The highest BCUT2D eigenvalue weighted by Crippen LogP contribution is 2.27. The molecule has 0 radical (unpaired) electrons. The van der Waals surface area contributed by atoms with Crippen LogP contribution in [0.25, 0.3) is 0 Å². The molecule has 3 nitrogen and oxygen atoms in total. The predicted octanol–water partition coefficient (Wildman–Crippen LogP) is 2.62. The zero-order chi connectivity index (χ0) is 11.4. The van der Waals surface area contributed by atoms with Crippen LogP contribution in [0, 0.1) is 5.92 Å². The first-order valence-electron chi connectivity index (χ1n) is 6.15. The van der Waals surface area contributed by atoms with Gasteiger partial charge in [0, 0.05) is 31.2 Å². The van der Waals surface area contributed by atoms with Gasteiger partial charge in [-0.1, -0.05) is 19.3 Å². The van der Waals surface area contributed by atoms with E-state index >= 15 is 0 Å². The molecule has 0 unspecified atom stereocenters. The number of thiazole rings is 1. The van der Waals surface area contributed by atoms with Gasteiger partial charge in [-0.05, 0) is 18.8 Å². The number of anilines is 1. The normalized spacial score (nSPS) is 17.6. The molecule has 0 atom stereocenters. The first-order chi connectivity index (χ1) is 7.79. The second-order valence-electron chi connectivity index (χ2n) is 4.70. The fourth-order valence-electron chi connectivity index (χ4n) is 2.40. The van der Waals surface area contributed by atoms with Crippen LogP contribution in [0.5, 0.6) is 0 Å². The zero-order valence-corrected chi connectivity index (χ0v) is 10.8. The number of nitrogens with two attached hydrogens (primary N) is 1. The van der Waals surface area contributed by atoms with E-state index in [9.17, 15) is 0 Å². The van der Waals surface area contributed by atoms with Crippen LogP contribution in [0.15, 0.2) is 6.20 Å². The van der Waals surface area contributed by atoms with Gasteiger partial charge in [0.25, 0.3) is 0 Å². The van der Waals surface area contributed by atoms with Crippen LogP contribution in [-0.4, -0.2) is 18.6 Å². The summed E-state index contributed by atoms with van der Waals surface area (Å²) in [5.41, 5.74) is 5.60. The van der Waals surface area contributed by atoms with Crippen LogP contribution in [0.3, 0.4) is 0 Å². The van der Waals surface area contributed by atoms with Gasteiger partial charge in [-0.3, -0.25) is 0 Å². The Morgan fingerprint density at radius 3 is 2.81 bits per heavy atom. The third-order valence-electron chi connectivity index (χ3n) is 3.33. The molecule has 0 amide bonds. The Morgan fingerprint density at radius 2 is 2.19 bits per heavy atom. The van der Waals surface area contributed by atoms with Crippen molar-refractivity contribution in [2.75, 3.05) is 18.5 Å². The summed E-state index contributed by atoms with van der Waals surface area (Å²) in [5, 5.41) is 1.12. The molecule has 90 valence electrons. The fourth-order valence-corrected chi connectivity index (χ4v) is 3.16. The molecule has 1 aromatic rings. The minimum atomic E-state index is 0.606. The highest BCUT2D eigenvalue weighted by Gasteiger charge is 2.16. The summed E-state index contributed by atoms with van der Waals surface area (Å²) in [6, 6.07) is 0. The average Bonchev–Trinajstić information content (AvgIpc) is 2.79. The maximum absolute atomic E-state index is 5.60. The second kappa shape index (κ2) is 5.64. The van der Waals surface area contributed by atoms with E-state index in [1.807, 2.05) is 6.20 Å². The fraction of sp³-hybridized carbons (Fsp3) is 0.750. The van der Waals surface area contributed by atoms with Gasteiger partial charge in [-0.15, -0.1) is 11.3 Å². The molecular formula is C12H21N3S. The van der Waals surface area contributed by atoms with Crippen molar-refractivity contribution in [1.29, 1.82) is 0 Å². The van der Waals surface area contributed by atoms with Crippen molar-refractivity contribution in [1.82, 2.24) is 4.98 Å². The molecule has 0 saturated heterocycles. The van der Waals surface area contributed by atoms with Gasteiger partial charge in [-0.25, -0.2) is 4.98 Å². The maximum Gasteiger partial charge on any atom is 0.185 e. The molecule has 0 bridgehead atoms. The van der Waals surface area contributed by atoms with Crippen molar-refractivity contribution in [2.45, 2.75) is 38.6 Å². The molecule has 1 heterocycles. The number of hydrogen-bond acceptors (Lipinski definition) is 4. The third-order valence-corrected chi connectivity index (χ3v) is 4.46. The molecule has 1 aromatic heterocycles. The molecule has 1 saturated carbocycles. The van der Waals surface area contributed by atoms with Crippen LogP contribution >= 0.6 is 11.3 Å². The topological polar surface area (TPSA) is 42.2 Å². The summed E-state index contributed by atoms with van der Waals surface area (Å²) in [4.78, 5) is 7.88. The summed E-state index contributed by atoms with van der Waals surface area (Å²) in [6.45, 7) is 1.76. The molecule has 2 N–H and O–H groups in total. The van der Waals surface area contributed by atoms with Gasteiger partial charge in [0.15, 0.2) is 5.13 Å². The van der Waals surface area contributed by atoms with Crippen molar-refractivity contribution >= 4 is 16.5 Å². The molecule has 16 heavy (non-hydrogen) atoms. The number of rotatable bonds is 4. The first-order valence-corrected chi connectivity index (χ1v) is 6.97. The molecule has 1 aliphatic rings. The summed E-state index contributed by atoms with van der Waals surface area (Å²) in [5.74, 6) is 0.865. The van der Waals surface area contributed by atoms with Crippen molar-refractivity contribution in [3.05, 3.63) is 11.1 Å². The second-order valence-corrected chi connectivity index (χ2v) is 5.79. The summed E-state index contributed by atoms with van der Waals surface area (Å²) >= 11 is 1.72. The van der Waals surface area contributed by atoms with Crippen LogP contribution < -0.4 is 10.6 Å². The van der Waals surface area contributed by atoms with E-state index in [0.29, 0.717) is 6.54 Å². The van der Waals surface area contributed by atoms with Crippen LogP contribution in [-0.2, 0) is 6.54 Å². The minimum absolute atomic E-state index is 0.606. The predicted molar refractivity (Wildman–Crippen MR) is 69.9 cm³/mol.